The molecule has 104 valence electrons. The molecule has 1 N–H and O–H groups in total. The molecule has 2 aromatic carbocycles. The minimum Gasteiger partial charge on any atom is -0.497 e. The van der Waals surface area contributed by atoms with Crippen molar-refractivity contribution in [2.24, 2.45) is 0 Å². The lowest BCUT2D eigenvalue weighted by Crippen LogP contribution is -2.16. The van der Waals surface area contributed by atoms with Gasteiger partial charge in [0.25, 0.3) is 0 Å². The van der Waals surface area contributed by atoms with E-state index in [2.05, 4.69) is 53.9 Å². The van der Waals surface area contributed by atoms with E-state index in [1.165, 1.54) is 11.1 Å². The summed E-state index contributed by atoms with van der Waals surface area (Å²) >= 11 is 0. The standard InChI is InChI=1S/C18H21NO/c1-20-18-11-9-17(10-12-18)13-15-19-14-5-8-16-6-3-2-4-7-16/h2-12,19H,13-15H2,1H3. The third-order valence-electron chi connectivity index (χ3n) is 3.12. The topological polar surface area (TPSA) is 21.3 Å². The summed E-state index contributed by atoms with van der Waals surface area (Å²) in [5.41, 5.74) is 2.56. The Morgan fingerprint density at radius 1 is 1.00 bits per heavy atom. The molecule has 0 aromatic heterocycles. The highest BCUT2D eigenvalue weighted by Gasteiger charge is 1.93. The first-order chi connectivity index (χ1) is 9.88. The van der Waals surface area contributed by atoms with Gasteiger partial charge in [0.15, 0.2) is 0 Å². The molecule has 0 unspecified atom stereocenters. The van der Waals surface area contributed by atoms with Gasteiger partial charge in [-0.25, -0.2) is 0 Å². The van der Waals surface area contributed by atoms with Gasteiger partial charge in [-0.1, -0.05) is 54.6 Å². The highest BCUT2D eigenvalue weighted by atomic mass is 16.5. The molecule has 2 aromatic rings. The Hall–Kier alpha value is -2.06. The number of ether oxygens (including phenoxy) is 1. The third-order valence-corrected chi connectivity index (χ3v) is 3.12. The fraction of sp³-hybridized carbons (Fsp3) is 0.222. The first-order valence-corrected chi connectivity index (χ1v) is 6.94. The number of rotatable bonds is 7. The van der Waals surface area contributed by atoms with E-state index >= 15 is 0 Å². The fourth-order valence-electron chi connectivity index (χ4n) is 1.97. The predicted molar refractivity (Wildman–Crippen MR) is 85.0 cm³/mol. The van der Waals surface area contributed by atoms with Gasteiger partial charge in [0.1, 0.15) is 5.75 Å². The van der Waals surface area contributed by atoms with E-state index in [0.717, 1.165) is 25.3 Å². The molecule has 0 aliphatic carbocycles. The minimum atomic E-state index is 0.894. The van der Waals surface area contributed by atoms with Gasteiger partial charge in [0.05, 0.1) is 7.11 Å². The lowest BCUT2D eigenvalue weighted by atomic mass is 10.1. The lowest BCUT2D eigenvalue weighted by molar-refractivity contribution is 0.414. The Labute approximate surface area is 121 Å². The summed E-state index contributed by atoms with van der Waals surface area (Å²) in [7, 11) is 1.69. The van der Waals surface area contributed by atoms with Crippen molar-refractivity contribution in [1.82, 2.24) is 5.32 Å². The van der Waals surface area contributed by atoms with Crippen LogP contribution in [0.4, 0.5) is 0 Å². The molecule has 0 spiro atoms. The highest BCUT2D eigenvalue weighted by Crippen LogP contribution is 2.11. The van der Waals surface area contributed by atoms with Crippen LogP contribution in [0.15, 0.2) is 60.7 Å². The van der Waals surface area contributed by atoms with E-state index in [4.69, 9.17) is 4.74 Å². The van der Waals surface area contributed by atoms with Gasteiger partial charge in [0, 0.05) is 6.54 Å². The fourth-order valence-corrected chi connectivity index (χ4v) is 1.97. The number of methoxy groups -OCH3 is 1. The maximum atomic E-state index is 5.14. The van der Waals surface area contributed by atoms with Gasteiger partial charge >= 0.3 is 0 Å². The van der Waals surface area contributed by atoms with Gasteiger partial charge in [-0.3, -0.25) is 0 Å². The van der Waals surface area contributed by atoms with E-state index in [1.54, 1.807) is 7.11 Å². The Balaban J connectivity index is 1.65. The van der Waals surface area contributed by atoms with Gasteiger partial charge in [-0.2, -0.15) is 0 Å². The molecule has 0 radical (unpaired) electrons. The second kappa shape index (κ2) is 8.18. The van der Waals surface area contributed by atoms with Crippen molar-refractivity contribution in [2.45, 2.75) is 6.42 Å². The van der Waals surface area contributed by atoms with Crippen LogP contribution in [0.1, 0.15) is 11.1 Å². The van der Waals surface area contributed by atoms with Crippen LogP contribution in [0.3, 0.4) is 0 Å². The maximum Gasteiger partial charge on any atom is 0.118 e. The molecular formula is C18H21NO. The quantitative estimate of drug-likeness (QED) is 0.775. The second-order valence-electron chi connectivity index (χ2n) is 4.62. The zero-order chi connectivity index (χ0) is 14.0. The van der Waals surface area contributed by atoms with Crippen LogP contribution in [-0.2, 0) is 6.42 Å². The molecule has 0 heterocycles. The normalized spacial score (nSPS) is 10.8. The second-order valence-corrected chi connectivity index (χ2v) is 4.62. The summed E-state index contributed by atoms with van der Waals surface area (Å²) in [6.07, 6.45) is 5.33. The van der Waals surface area contributed by atoms with Crippen LogP contribution >= 0.6 is 0 Å². The van der Waals surface area contributed by atoms with Gasteiger partial charge in [-0.05, 0) is 36.2 Å². The monoisotopic (exact) mass is 267 g/mol. The largest absolute Gasteiger partial charge is 0.497 e. The number of hydrogen-bond donors (Lipinski definition) is 1. The molecule has 0 saturated heterocycles. The maximum absolute atomic E-state index is 5.14. The smallest absolute Gasteiger partial charge is 0.118 e. The van der Waals surface area contributed by atoms with Crippen molar-refractivity contribution in [3.8, 4) is 5.75 Å². The highest BCUT2D eigenvalue weighted by molar-refractivity contribution is 5.48. The number of benzene rings is 2. The van der Waals surface area contributed by atoms with Crippen LogP contribution in [0, 0.1) is 0 Å². The van der Waals surface area contributed by atoms with Crippen LogP contribution in [0.2, 0.25) is 0 Å². The first kappa shape index (κ1) is 14.4. The lowest BCUT2D eigenvalue weighted by Gasteiger charge is -2.04. The minimum absolute atomic E-state index is 0.894. The predicted octanol–water partition coefficient (Wildman–Crippen LogP) is 3.54. The Kier molecular flexibility index (Phi) is 5.87. The van der Waals surface area contributed by atoms with E-state index in [1.807, 2.05) is 18.2 Å². The van der Waals surface area contributed by atoms with Crippen LogP contribution in [-0.4, -0.2) is 20.2 Å². The summed E-state index contributed by atoms with van der Waals surface area (Å²) < 4.78 is 5.14. The van der Waals surface area contributed by atoms with Crippen molar-refractivity contribution < 1.29 is 4.74 Å². The van der Waals surface area contributed by atoms with Crippen molar-refractivity contribution >= 4 is 6.08 Å². The summed E-state index contributed by atoms with van der Waals surface area (Å²) in [4.78, 5) is 0. The molecule has 0 fully saturated rings. The molecule has 0 bridgehead atoms. The summed E-state index contributed by atoms with van der Waals surface area (Å²) in [5, 5.41) is 3.41. The Morgan fingerprint density at radius 3 is 2.45 bits per heavy atom. The molecule has 0 aliphatic rings. The average Bonchev–Trinajstić information content (AvgIpc) is 2.52. The average molecular weight is 267 g/mol. The van der Waals surface area contributed by atoms with Crippen molar-refractivity contribution in [3.63, 3.8) is 0 Å². The molecule has 2 rings (SSSR count). The molecule has 20 heavy (non-hydrogen) atoms. The van der Waals surface area contributed by atoms with Crippen molar-refractivity contribution in [1.29, 1.82) is 0 Å². The molecule has 0 aliphatic heterocycles. The Bertz CT molecular complexity index is 517. The zero-order valence-corrected chi connectivity index (χ0v) is 11.9. The third kappa shape index (κ3) is 4.90. The first-order valence-electron chi connectivity index (χ1n) is 6.94. The van der Waals surface area contributed by atoms with Gasteiger partial charge in [0.2, 0.25) is 0 Å². The van der Waals surface area contributed by atoms with Crippen molar-refractivity contribution in [2.75, 3.05) is 20.2 Å². The number of hydrogen-bond acceptors (Lipinski definition) is 2. The van der Waals surface area contributed by atoms with Gasteiger partial charge < -0.3 is 10.1 Å². The van der Waals surface area contributed by atoms with Crippen LogP contribution in [0.25, 0.3) is 6.08 Å². The number of nitrogens with one attached hydrogen (secondary N) is 1. The van der Waals surface area contributed by atoms with Crippen molar-refractivity contribution in [3.05, 3.63) is 71.8 Å². The zero-order valence-electron chi connectivity index (χ0n) is 11.9. The van der Waals surface area contributed by atoms with E-state index in [0.29, 0.717) is 0 Å². The van der Waals surface area contributed by atoms with E-state index in [9.17, 15) is 0 Å². The van der Waals surface area contributed by atoms with E-state index < -0.39 is 0 Å². The SMILES string of the molecule is COc1ccc(CCNCC=Cc2ccccc2)cc1. The molecule has 0 atom stereocenters. The summed E-state index contributed by atoms with van der Waals surface area (Å²) in [5.74, 6) is 0.910. The molecule has 0 saturated carbocycles. The summed E-state index contributed by atoms with van der Waals surface area (Å²) in [6, 6.07) is 18.6. The van der Waals surface area contributed by atoms with Crippen LogP contribution < -0.4 is 10.1 Å². The molecular weight excluding hydrogens is 246 g/mol. The van der Waals surface area contributed by atoms with E-state index in [-0.39, 0.29) is 0 Å². The summed E-state index contributed by atoms with van der Waals surface area (Å²) in [6.45, 7) is 1.87. The van der Waals surface area contributed by atoms with Crippen LogP contribution in [0.5, 0.6) is 5.75 Å². The molecule has 2 nitrogen and oxygen atoms in total. The Morgan fingerprint density at radius 2 is 1.75 bits per heavy atom. The molecule has 0 amide bonds. The molecule has 2 heteroatoms. The van der Waals surface area contributed by atoms with Gasteiger partial charge in [-0.15, -0.1) is 0 Å².